The van der Waals surface area contributed by atoms with E-state index in [-0.39, 0.29) is 11.4 Å². The van der Waals surface area contributed by atoms with E-state index in [9.17, 15) is 9.59 Å². The van der Waals surface area contributed by atoms with Gasteiger partial charge < -0.3 is 10.1 Å². The Labute approximate surface area is 142 Å². The fraction of sp³-hybridized carbons (Fsp3) is 0.500. The Kier molecular flexibility index (Phi) is 3.52. The van der Waals surface area contributed by atoms with Crippen molar-refractivity contribution in [1.82, 2.24) is 5.32 Å². The third-order valence-corrected chi connectivity index (χ3v) is 5.95. The van der Waals surface area contributed by atoms with Crippen LogP contribution in [-0.4, -0.2) is 24.5 Å². The van der Waals surface area contributed by atoms with Gasteiger partial charge in [0.1, 0.15) is 0 Å². The number of rotatable bonds is 3. The van der Waals surface area contributed by atoms with Crippen molar-refractivity contribution in [3.05, 3.63) is 47.0 Å². The van der Waals surface area contributed by atoms with Gasteiger partial charge >= 0.3 is 5.97 Å². The van der Waals surface area contributed by atoms with Crippen LogP contribution in [0.2, 0.25) is 0 Å². The van der Waals surface area contributed by atoms with Crippen molar-refractivity contribution in [3.8, 4) is 0 Å². The maximum Gasteiger partial charge on any atom is 0.337 e. The summed E-state index contributed by atoms with van der Waals surface area (Å²) >= 11 is 0. The molecule has 2 bridgehead atoms. The van der Waals surface area contributed by atoms with E-state index in [0.717, 1.165) is 24.2 Å². The molecule has 1 amide bonds. The minimum Gasteiger partial charge on any atom is -0.465 e. The molecule has 4 heteroatoms. The topological polar surface area (TPSA) is 55.4 Å². The van der Waals surface area contributed by atoms with Crippen LogP contribution in [0.1, 0.15) is 53.3 Å². The third-order valence-electron chi connectivity index (χ3n) is 5.95. The molecular formula is C20H23NO3. The smallest absolute Gasteiger partial charge is 0.337 e. The molecule has 4 atom stereocenters. The van der Waals surface area contributed by atoms with E-state index in [0.29, 0.717) is 11.1 Å². The van der Waals surface area contributed by atoms with Gasteiger partial charge in [-0.2, -0.15) is 0 Å². The molecule has 4 nitrogen and oxygen atoms in total. The summed E-state index contributed by atoms with van der Waals surface area (Å²) in [5.41, 5.74) is 2.31. The molecule has 2 saturated carbocycles. The van der Waals surface area contributed by atoms with Crippen molar-refractivity contribution in [3.63, 3.8) is 0 Å². The number of hydrogen-bond acceptors (Lipinski definition) is 3. The van der Waals surface area contributed by atoms with Crippen LogP contribution in [0.5, 0.6) is 0 Å². The van der Waals surface area contributed by atoms with Gasteiger partial charge in [-0.25, -0.2) is 4.79 Å². The monoisotopic (exact) mass is 325 g/mol. The minimum absolute atomic E-state index is 0.0839. The van der Waals surface area contributed by atoms with Crippen LogP contribution in [0.4, 0.5) is 0 Å². The van der Waals surface area contributed by atoms with Crippen LogP contribution in [0.3, 0.4) is 0 Å². The van der Waals surface area contributed by atoms with Gasteiger partial charge in [0.25, 0.3) is 5.91 Å². The summed E-state index contributed by atoms with van der Waals surface area (Å²) in [4.78, 5) is 24.1. The number of nitrogens with one attached hydrogen (secondary N) is 1. The van der Waals surface area contributed by atoms with Gasteiger partial charge in [0.2, 0.25) is 0 Å². The highest BCUT2D eigenvalue weighted by atomic mass is 16.5. The highest BCUT2D eigenvalue weighted by molar-refractivity contribution is 5.96. The van der Waals surface area contributed by atoms with Crippen LogP contribution >= 0.6 is 0 Å². The summed E-state index contributed by atoms with van der Waals surface area (Å²) in [5.74, 6) is 1.95. The predicted octanol–water partition coefficient (Wildman–Crippen LogP) is 3.34. The SMILES string of the molecule is COC(=O)c1ccc(C(=O)NC2(C)C=C3CC4CC(CC34)C2)cc1. The maximum absolute atomic E-state index is 12.7. The molecule has 3 aliphatic rings. The van der Waals surface area contributed by atoms with Gasteiger partial charge in [0, 0.05) is 5.56 Å². The van der Waals surface area contributed by atoms with Crippen molar-refractivity contribution in [2.75, 3.05) is 7.11 Å². The predicted molar refractivity (Wildman–Crippen MR) is 90.7 cm³/mol. The molecular weight excluding hydrogens is 302 g/mol. The summed E-state index contributed by atoms with van der Waals surface area (Å²) in [6.07, 6.45) is 7.18. The molecule has 126 valence electrons. The minimum atomic E-state index is -0.391. The number of hydrogen-bond donors (Lipinski definition) is 1. The zero-order chi connectivity index (χ0) is 16.9. The van der Waals surface area contributed by atoms with Gasteiger partial charge in [-0.1, -0.05) is 11.6 Å². The first kappa shape index (κ1) is 15.4. The van der Waals surface area contributed by atoms with Crippen LogP contribution < -0.4 is 5.32 Å². The summed E-state index contributed by atoms with van der Waals surface area (Å²) in [7, 11) is 1.35. The lowest BCUT2D eigenvalue weighted by Gasteiger charge is -2.39. The lowest BCUT2D eigenvalue weighted by molar-refractivity contribution is 0.0600. The van der Waals surface area contributed by atoms with Gasteiger partial charge in [0.15, 0.2) is 0 Å². The van der Waals surface area contributed by atoms with Gasteiger partial charge in [-0.05, 0) is 74.6 Å². The summed E-state index contributed by atoms with van der Waals surface area (Å²) in [6, 6.07) is 6.63. The number of methoxy groups -OCH3 is 1. The number of allylic oxidation sites excluding steroid dienone is 1. The van der Waals surface area contributed by atoms with E-state index < -0.39 is 5.97 Å². The Balaban J connectivity index is 1.50. The zero-order valence-electron chi connectivity index (χ0n) is 14.2. The Morgan fingerprint density at radius 1 is 1.17 bits per heavy atom. The zero-order valence-corrected chi connectivity index (χ0v) is 14.2. The molecule has 0 saturated heterocycles. The molecule has 4 rings (SSSR count). The molecule has 3 aliphatic carbocycles. The van der Waals surface area contributed by atoms with Gasteiger partial charge in [0.05, 0.1) is 18.2 Å². The molecule has 2 fully saturated rings. The Morgan fingerprint density at radius 3 is 2.58 bits per heavy atom. The normalized spacial score (nSPS) is 33.1. The van der Waals surface area contributed by atoms with Crippen molar-refractivity contribution >= 4 is 11.9 Å². The Morgan fingerprint density at radius 2 is 1.88 bits per heavy atom. The number of amides is 1. The van der Waals surface area contributed by atoms with Gasteiger partial charge in [-0.15, -0.1) is 0 Å². The quantitative estimate of drug-likeness (QED) is 0.685. The van der Waals surface area contributed by atoms with E-state index in [4.69, 9.17) is 0 Å². The standard InChI is InChI=1S/C20H23NO3/c1-20(10-12-7-15-9-16(11-20)17(15)8-12)21-18(22)13-3-5-14(6-4-13)19(23)24-2/h3-6,11-12,15,17H,7-10H2,1-2H3,(H,21,22). The molecule has 1 N–H and O–H groups in total. The molecule has 0 radical (unpaired) electrons. The van der Waals surface area contributed by atoms with E-state index >= 15 is 0 Å². The number of fused-ring (bicyclic) bond motifs is 1. The van der Waals surface area contributed by atoms with Crippen LogP contribution in [-0.2, 0) is 4.74 Å². The molecule has 0 spiro atoms. The lowest BCUT2D eigenvalue weighted by atomic mass is 9.69. The molecule has 0 heterocycles. The molecule has 0 aromatic heterocycles. The second-order valence-corrected chi connectivity index (χ2v) is 7.77. The average molecular weight is 325 g/mol. The van der Waals surface area contributed by atoms with Crippen LogP contribution in [0.25, 0.3) is 0 Å². The van der Waals surface area contributed by atoms with Crippen molar-refractivity contribution in [1.29, 1.82) is 0 Å². The highest BCUT2D eigenvalue weighted by Crippen LogP contribution is 2.57. The fourth-order valence-corrected chi connectivity index (χ4v) is 4.91. The van der Waals surface area contributed by atoms with Gasteiger partial charge in [-0.3, -0.25) is 4.79 Å². The number of ether oxygens (including phenoxy) is 1. The lowest BCUT2D eigenvalue weighted by Crippen LogP contribution is -2.46. The van der Waals surface area contributed by atoms with Crippen molar-refractivity contribution in [2.24, 2.45) is 17.8 Å². The maximum atomic E-state index is 12.7. The highest BCUT2D eigenvalue weighted by Gasteiger charge is 2.49. The Bertz CT molecular complexity index is 721. The van der Waals surface area contributed by atoms with Crippen molar-refractivity contribution < 1.29 is 14.3 Å². The van der Waals surface area contributed by atoms with Crippen LogP contribution in [0, 0.1) is 17.8 Å². The fourth-order valence-electron chi connectivity index (χ4n) is 4.91. The number of benzene rings is 1. The molecule has 1 aromatic rings. The third kappa shape index (κ3) is 2.54. The van der Waals surface area contributed by atoms with Crippen molar-refractivity contribution in [2.45, 2.75) is 38.1 Å². The second-order valence-electron chi connectivity index (χ2n) is 7.77. The summed E-state index contributed by atoms with van der Waals surface area (Å²) in [6.45, 7) is 2.13. The number of carbonyl (C=O) groups is 2. The largest absolute Gasteiger partial charge is 0.465 e. The molecule has 1 aromatic carbocycles. The van der Waals surface area contributed by atoms with Crippen LogP contribution in [0.15, 0.2) is 35.9 Å². The molecule has 0 aliphatic heterocycles. The first-order valence-electron chi connectivity index (χ1n) is 8.70. The van der Waals surface area contributed by atoms with E-state index in [1.165, 1.54) is 26.4 Å². The number of esters is 1. The van der Waals surface area contributed by atoms with E-state index in [1.54, 1.807) is 29.8 Å². The van der Waals surface area contributed by atoms with E-state index in [2.05, 4.69) is 23.1 Å². The summed E-state index contributed by atoms with van der Waals surface area (Å²) < 4.78 is 4.69. The second kappa shape index (κ2) is 5.47. The molecule has 4 unspecified atom stereocenters. The first-order valence-corrected chi connectivity index (χ1v) is 8.70. The van der Waals surface area contributed by atoms with E-state index in [1.807, 2.05) is 0 Å². The molecule has 24 heavy (non-hydrogen) atoms. The Hall–Kier alpha value is -2.10. The average Bonchev–Trinajstić information content (AvgIpc) is 2.81. The summed E-state index contributed by atoms with van der Waals surface area (Å²) in [5, 5.41) is 3.22. The first-order chi connectivity index (χ1) is 11.5. The number of carbonyl (C=O) groups excluding carboxylic acids is 2.